The van der Waals surface area contributed by atoms with Gasteiger partial charge >= 0.3 is 5.97 Å². The highest BCUT2D eigenvalue weighted by molar-refractivity contribution is 5.95. The molecule has 1 amide bonds. The van der Waals surface area contributed by atoms with Crippen LogP contribution in [0.15, 0.2) is 24.3 Å². The fourth-order valence-electron chi connectivity index (χ4n) is 1.05. The Morgan fingerprint density at radius 1 is 1.44 bits per heavy atom. The lowest BCUT2D eigenvalue weighted by Gasteiger charge is -2.04. The van der Waals surface area contributed by atoms with E-state index in [1.54, 1.807) is 18.2 Å². The molecule has 0 aliphatic heterocycles. The Labute approximate surface area is 99.4 Å². The van der Waals surface area contributed by atoms with Crippen molar-refractivity contribution in [1.29, 1.82) is 0 Å². The van der Waals surface area contributed by atoms with E-state index in [1.165, 1.54) is 13.2 Å². The van der Waals surface area contributed by atoms with Gasteiger partial charge in [0.05, 0.1) is 19.2 Å². The van der Waals surface area contributed by atoms with Crippen LogP contribution in [0, 0.1) is 0 Å². The van der Waals surface area contributed by atoms with Crippen LogP contribution in [-0.4, -0.2) is 25.5 Å². The number of nitrogens with two attached hydrogens (primary N) is 1. The van der Waals surface area contributed by atoms with Crippen molar-refractivity contribution in [3.05, 3.63) is 29.8 Å². The molecule has 0 saturated carbocycles. The molecule has 0 aromatic heterocycles. The van der Waals surface area contributed by atoms with Gasteiger partial charge in [-0.3, -0.25) is 4.79 Å². The molecular weight excluding hydrogens is 232 g/mol. The molecule has 0 unspecified atom stereocenters. The van der Waals surface area contributed by atoms with E-state index in [-0.39, 0.29) is 24.9 Å². The summed E-state index contributed by atoms with van der Waals surface area (Å²) in [6, 6.07) is 6.45. The molecule has 3 N–H and O–H groups in total. The second-order valence-electron chi connectivity index (χ2n) is 2.82. The SMILES string of the molecule is COC(=O)c1cccc(NC(=O)CN)c1.Cl. The predicted octanol–water partition coefficient (Wildman–Crippen LogP) is 0.792. The maximum Gasteiger partial charge on any atom is 0.337 e. The molecule has 88 valence electrons. The maximum absolute atomic E-state index is 11.2. The van der Waals surface area contributed by atoms with Gasteiger partial charge in [-0.15, -0.1) is 12.4 Å². The van der Waals surface area contributed by atoms with Crippen molar-refractivity contribution >= 4 is 30.0 Å². The molecule has 1 aromatic rings. The fourth-order valence-corrected chi connectivity index (χ4v) is 1.05. The summed E-state index contributed by atoms with van der Waals surface area (Å²) in [6.07, 6.45) is 0. The number of hydrogen-bond donors (Lipinski definition) is 2. The summed E-state index contributed by atoms with van der Waals surface area (Å²) in [5.41, 5.74) is 6.04. The van der Waals surface area contributed by atoms with Crippen LogP contribution in [0.1, 0.15) is 10.4 Å². The van der Waals surface area contributed by atoms with Gasteiger partial charge < -0.3 is 15.8 Å². The zero-order valence-corrected chi connectivity index (χ0v) is 9.54. The minimum absolute atomic E-state index is 0. The molecule has 5 nitrogen and oxygen atoms in total. The lowest BCUT2D eigenvalue weighted by atomic mass is 10.2. The number of benzene rings is 1. The number of amides is 1. The number of ether oxygens (including phenoxy) is 1. The predicted molar refractivity (Wildman–Crippen MR) is 62.7 cm³/mol. The third kappa shape index (κ3) is 3.88. The zero-order chi connectivity index (χ0) is 11.3. The number of esters is 1. The normalized spacial score (nSPS) is 8.88. The summed E-state index contributed by atoms with van der Waals surface area (Å²) in [5, 5.41) is 2.54. The molecule has 0 spiro atoms. The summed E-state index contributed by atoms with van der Waals surface area (Å²) >= 11 is 0. The summed E-state index contributed by atoms with van der Waals surface area (Å²) in [7, 11) is 1.30. The Hall–Kier alpha value is -1.59. The molecule has 16 heavy (non-hydrogen) atoms. The highest BCUT2D eigenvalue weighted by atomic mass is 35.5. The Morgan fingerprint density at radius 2 is 2.12 bits per heavy atom. The fraction of sp³-hybridized carbons (Fsp3) is 0.200. The van der Waals surface area contributed by atoms with Crippen LogP contribution in [0.25, 0.3) is 0 Å². The summed E-state index contributed by atoms with van der Waals surface area (Å²) < 4.78 is 4.55. The van der Waals surface area contributed by atoms with Crippen molar-refractivity contribution in [2.75, 3.05) is 19.0 Å². The molecule has 0 fully saturated rings. The first-order valence-corrected chi connectivity index (χ1v) is 4.35. The first-order chi connectivity index (χ1) is 7.17. The quantitative estimate of drug-likeness (QED) is 0.771. The highest BCUT2D eigenvalue weighted by Gasteiger charge is 2.06. The summed E-state index contributed by atoms with van der Waals surface area (Å²) in [6.45, 7) is -0.0948. The van der Waals surface area contributed by atoms with E-state index in [0.717, 1.165) is 0 Å². The number of anilines is 1. The highest BCUT2D eigenvalue weighted by Crippen LogP contribution is 2.11. The topological polar surface area (TPSA) is 81.4 Å². The molecule has 0 bridgehead atoms. The second-order valence-corrected chi connectivity index (χ2v) is 2.82. The van der Waals surface area contributed by atoms with Crippen molar-refractivity contribution < 1.29 is 14.3 Å². The molecule has 0 heterocycles. The van der Waals surface area contributed by atoms with E-state index >= 15 is 0 Å². The molecule has 0 aliphatic rings. The lowest BCUT2D eigenvalue weighted by molar-refractivity contribution is -0.114. The maximum atomic E-state index is 11.2. The smallest absolute Gasteiger partial charge is 0.337 e. The minimum Gasteiger partial charge on any atom is -0.465 e. The molecule has 0 aliphatic carbocycles. The average molecular weight is 245 g/mol. The molecule has 1 rings (SSSR count). The number of carbonyl (C=O) groups excluding carboxylic acids is 2. The molecule has 0 saturated heterocycles. The second kappa shape index (κ2) is 6.81. The standard InChI is InChI=1S/C10H12N2O3.ClH/c1-15-10(14)7-3-2-4-8(5-7)12-9(13)6-11;/h2-5H,6,11H2,1H3,(H,12,13);1H. The number of hydrogen-bond acceptors (Lipinski definition) is 4. The van der Waals surface area contributed by atoms with Crippen LogP contribution >= 0.6 is 12.4 Å². The van der Waals surface area contributed by atoms with Crippen molar-refractivity contribution in [3.63, 3.8) is 0 Å². The van der Waals surface area contributed by atoms with E-state index in [2.05, 4.69) is 10.1 Å². The van der Waals surface area contributed by atoms with Gasteiger partial charge in [-0.05, 0) is 18.2 Å². The van der Waals surface area contributed by atoms with Crippen molar-refractivity contribution in [1.82, 2.24) is 0 Å². The van der Waals surface area contributed by atoms with Gasteiger partial charge in [-0.1, -0.05) is 6.07 Å². The van der Waals surface area contributed by atoms with Crippen LogP contribution < -0.4 is 11.1 Å². The van der Waals surface area contributed by atoms with Crippen LogP contribution in [0.2, 0.25) is 0 Å². The van der Waals surface area contributed by atoms with E-state index in [0.29, 0.717) is 11.3 Å². The van der Waals surface area contributed by atoms with Crippen molar-refractivity contribution in [3.8, 4) is 0 Å². The summed E-state index contributed by atoms with van der Waals surface area (Å²) in [5.74, 6) is -0.754. The molecule has 6 heteroatoms. The number of rotatable bonds is 3. The number of nitrogens with one attached hydrogen (secondary N) is 1. The van der Waals surface area contributed by atoms with Gasteiger partial charge in [0, 0.05) is 5.69 Å². The lowest BCUT2D eigenvalue weighted by Crippen LogP contribution is -2.21. The molecule has 0 radical (unpaired) electrons. The number of halogens is 1. The molecule has 1 aromatic carbocycles. The third-order valence-corrected chi connectivity index (χ3v) is 1.75. The van der Waals surface area contributed by atoms with Gasteiger partial charge in [0.25, 0.3) is 0 Å². The number of methoxy groups -OCH3 is 1. The van der Waals surface area contributed by atoms with Crippen LogP contribution in [0.3, 0.4) is 0 Å². The largest absolute Gasteiger partial charge is 0.465 e. The Bertz CT molecular complexity index is 382. The minimum atomic E-state index is -0.446. The first kappa shape index (κ1) is 14.4. The van der Waals surface area contributed by atoms with Gasteiger partial charge in [0.1, 0.15) is 0 Å². The Balaban J connectivity index is 0.00000225. The molecular formula is C10H13ClN2O3. The Kier molecular flexibility index (Phi) is 6.14. The van der Waals surface area contributed by atoms with Gasteiger partial charge in [-0.25, -0.2) is 4.79 Å². The third-order valence-electron chi connectivity index (χ3n) is 1.75. The summed E-state index contributed by atoms with van der Waals surface area (Å²) in [4.78, 5) is 22.1. The number of carbonyl (C=O) groups is 2. The van der Waals surface area contributed by atoms with Crippen LogP contribution in [-0.2, 0) is 9.53 Å². The van der Waals surface area contributed by atoms with Crippen LogP contribution in [0.4, 0.5) is 5.69 Å². The van der Waals surface area contributed by atoms with Gasteiger partial charge in [-0.2, -0.15) is 0 Å². The van der Waals surface area contributed by atoms with Crippen molar-refractivity contribution in [2.24, 2.45) is 5.73 Å². The zero-order valence-electron chi connectivity index (χ0n) is 8.73. The average Bonchev–Trinajstić information content (AvgIpc) is 2.28. The monoisotopic (exact) mass is 244 g/mol. The van der Waals surface area contributed by atoms with E-state index < -0.39 is 5.97 Å². The van der Waals surface area contributed by atoms with E-state index in [4.69, 9.17) is 5.73 Å². The van der Waals surface area contributed by atoms with E-state index in [9.17, 15) is 9.59 Å². The Morgan fingerprint density at radius 3 is 2.69 bits per heavy atom. The van der Waals surface area contributed by atoms with Crippen LogP contribution in [0.5, 0.6) is 0 Å². The van der Waals surface area contributed by atoms with Gasteiger partial charge in [0.15, 0.2) is 0 Å². The van der Waals surface area contributed by atoms with Crippen molar-refractivity contribution in [2.45, 2.75) is 0 Å². The molecule has 0 atom stereocenters. The first-order valence-electron chi connectivity index (χ1n) is 4.35. The van der Waals surface area contributed by atoms with E-state index in [1.807, 2.05) is 0 Å². The van der Waals surface area contributed by atoms with Gasteiger partial charge in [0.2, 0.25) is 5.91 Å².